The summed E-state index contributed by atoms with van der Waals surface area (Å²) in [6.45, 7) is 5.60. The van der Waals surface area contributed by atoms with Crippen LogP contribution in [0.3, 0.4) is 0 Å². The fourth-order valence-corrected chi connectivity index (χ4v) is 4.73. The quantitative estimate of drug-likeness (QED) is 0.556. The largest absolute Gasteiger partial charge is 0.467 e. The summed E-state index contributed by atoms with van der Waals surface area (Å²) in [5.74, 6) is -0.367. The minimum Gasteiger partial charge on any atom is -0.467 e. The van der Waals surface area contributed by atoms with Crippen molar-refractivity contribution in [3.8, 4) is 0 Å². The molecule has 3 aromatic rings. The first-order valence-corrected chi connectivity index (χ1v) is 11.3. The maximum atomic E-state index is 13.1. The van der Waals surface area contributed by atoms with Crippen molar-refractivity contribution < 1.29 is 18.8 Å². The Hall–Kier alpha value is -3.30. The third kappa shape index (κ3) is 3.85. The average Bonchev–Trinajstić information content (AvgIpc) is 3.52. The number of fused-ring (bicyclic) bond motifs is 1. The number of benzene rings is 1. The fourth-order valence-electron chi connectivity index (χ4n) is 4.13. The first kappa shape index (κ1) is 20.6. The van der Waals surface area contributed by atoms with Crippen molar-refractivity contribution in [1.29, 1.82) is 0 Å². The van der Waals surface area contributed by atoms with Crippen molar-refractivity contribution in [3.63, 3.8) is 0 Å². The molecule has 0 saturated carbocycles. The molecule has 1 fully saturated rings. The van der Waals surface area contributed by atoms with E-state index in [-0.39, 0.29) is 23.9 Å². The molecule has 2 aliphatic heterocycles. The van der Waals surface area contributed by atoms with Gasteiger partial charge in [-0.1, -0.05) is 0 Å². The van der Waals surface area contributed by atoms with Gasteiger partial charge in [-0.25, -0.2) is 4.98 Å². The molecule has 0 spiro atoms. The zero-order valence-electron chi connectivity index (χ0n) is 17.6. The number of aryl methyl sites for hydroxylation is 1. The highest BCUT2D eigenvalue weighted by Crippen LogP contribution is 2.26. The Morgan fingerprint density at radius 3 is 2.53 bits per heavy atom. The second-order valence-electron chi connectivity index (χ2n) is 7.96. The first-order chi connectivity index (χ1) is 15.5. The number of furan rings is 1. The van der Waals surface area contributed by atoms with Gasteiger partial charge < -0.3 is 9.32 Å². The Morgan fingerprint density at radius 2 is 1.84 bits per heavy atom. The molecule has 0 aliphatic carbocycles. The SMILES string of the molecule is Cc1nc(CN2CCN(C(=O)c3ccc4c(c3)C(=O)N(Cc3ccco3)C4=O)CC2)cs1. The number of nitrogens with zero attached hydrogens (tertiary/aromatic N) is 4. The van der Waals surface area contributed by atoms with Crippen LogP contribution in [0.25, 0.3) is 0 Å². The number of piperazine rings is 1. The molecule has 2 aliphatic rings. The maximum Gasteiger partial charge on any atom is 0.261 e. The predicted octanol–water partition coefficient (Wildman–Crippen LogP) is 2.80. The van der Waals surface area contributed by atoms with Crippen molar-refractivity contribution in [2.24, 2.45) is 0 Å². The highest BCUT2D eigenvalue weighted by Gasteiger charge is 2.37. The molecular formula is C23H22N4O4S. The molecule has 9 heteroatoms. The summed E-state index contributed by atoms with van der Waals surface area (Å²) in [5, 5.41) is 3.13. The second kappa shape index (κ2) is 8.33. The van der Waals surface area contributed by atoms with E-state index in [4.69, 9.17) is 4.42 Å². The second-order valence-corrected chi connectivity index (χ2v) is 9.02. The van der Waals surface area contributed by atoms with E-state index in [0.29, 0.717) is 30.0 Å². The van der Waals surface area contributed by atoms with Gasteiger partial charge >= 0.3 is 0 Å². The molecule has 0 bridgehead atoms. The Kier molecular flexibility index (Phi) is 5.36. The van der Waals surface area contributed by atoms with Crippen LogP contribution in [0, 0.1) is 6.92 Å². The number of aromatic nitrogens is 1. The molecule has 8 nitrogen and oxygen atoms in total. The molecule has 0 N–H and O–H groups in total. The van der Waals surface area contributed by atoms with Crippen molar-refractivity contribution in [2.45, 2.75) is 20.0 Å². The van der Waals surface area contributed by atoms with Crippen molar-refractivity contribution in [3.05, 3.63) is 75.1 Å². The Bertz CT molecular complexity index is 1180. The van der Waals surface area contributed by atoms with E-state index in [1.807, 2.05) is 6.92 Å². The van der Waals surface area contributed by atoms with Gasteiger partial charge in [0.25, 0.3) is 17.7 Å². The molecule has 1 aromatic carbocycles. The molecule has 0 unspecified atom stereocenters. The number of amides is 3. The number of hydrogen-bond donors (Lipinski definition) is 0. The smallest absolute Gasteiger partial charge is 0.261 e. The lowest BCUT2D eigenvalue weighted by atomic mass is 10.0. The summed E-state index contributed by atoms with van der Waals surface area (Å²) in [6.07, 6.45) is 1.50. The van der Waals surface area contributed by atoms with Gasteiger partial charge in [0.15, 0.2) is 0 Å². The summed E-state index contributed by atoms with van der Waals surface area (Å²) in [5.41, 5.74) is 2.08. The van der Waals surface area contributed by atoms with Crippen LogP contribution in [0.2, 0.25) is 0 Å². The molecule has 164 valence electrons. The molecule has 5 rings (SSSR count). The lowest BCUT2D eigenvalue weighted by Crippen LogP contribution is -2.48. The Labute approximate surface area is 189 Å². The molecule has 2 aromatic heterocycles. The number of hydrogen-bond acceptors (Lipinski definition) is 7. The van der Waals surface area contributed by atoms with Crippen LogP contribution >= 0.6 is 11.3 Å². The fraction of sp³-hybridized carbons (Fsp3) is 0.304. The van der Waals surface area contributed by atoms with E-state index in [1.54, 1.807) is 46.6 Å². The minimum atomic E-state index is -0.403. The summed E-state index contributed by atoms with van der Waals surface area (Å²) in [6, 6.07) is 8.18. The minimum absolute atomic E-state index is 0.0725. The number of rotatable bonds is 5. The lowest BCUT2D eigenvalue weighted by molar-refractivity contribution is 0.0622. The molecular weight excluding hydrogens is 428 g/mol. The van der Waals surface area contributed by atoms with Crippen LogP contribution < -0.4 is 0 Å². The number of thiazole rings is 1. The Balaban J connectivity index is 1.25. The standard InChI is InChI=1S/C23H22N4O4S/c1-15-24-17(14-32-15)12-25-6-8-26(9-7-25)21(28)16-4-5-19-20(11-16)23(30)27(22(19)29)13-18-3-2-10-31-18/h2-5,10-11,14H,6-9,12-13H2,1H3. The van der Waals surface area contributed by atoms with Gasteiger partial charge in [0, 0.05) is 43.7 Å². The maximum absolute atomic E-state index is 13.1. The Morgan fingerprint density at radius 1 is 1.06 bits per heavy atom. The van der Waals surface area contributed by atoms with Crippen LogP contribution in [0.4, 0.5) is 0 Å². The van der Waals surface area contributed by atoms with E-state index in [0.717, 1.165) is 35.2 Å². The monoisotopic (exact) mass is 450 g/mol. The van der Waals surface area contributed by atoms with Gasteiger partial charge in [0.05, 0.1) is 34.6 Å². The van der Waals surface area contributed by atoms with Crippen LogP contribution in [0.15, 0.2) is 46.4 Å². The van der Waals surface area contributed by atoms with Gasteiger partial charge in [-0.2, -0.15) is 0 Å². The van der Waals surface area contributed by atoms with Gasteiger partial charge in [-0.3, -0.25) is 24.2 Å². The van der Waals surface area contributed by atoms with E-state index >= 15 is 0 Å². The van der Waals surface area contributed by atoms with E-state index in [1.165, 1.54) is 6.26 Å². The lowest BCUT2D eigenvalue weighted by Gasteiger charge is -2.34. The van der Waals surface area contributed by atoms with Crippen LogP contribution in [0.5, 0.6) is 0 Å². The molecule has 0 radical (unpaired) electrons. The summed E-state index contributed by atoms with van der Waals surface area (Å²) in [7, 11) is 0. The van der Waals surface area contributed by atoms with E-state index in [2.05, 4.69) is 15.3 Å². The van der Waals surface area contributed by atoms with Crippen molar-refractivity contribution in [1.82, 2.24) is 19.7 Å². The van der Waals surface area contributed by atoms with Crippen LogP contribution in [-0.4, -0.2) is 63.6 Å². The topological polar surface area (TPSA) is 87.0 Å². The van der Waals surface area contributed by atoms with Crippen LogP contribution in [-0.2, 0) is 13.1 Å². The summed E-state index contributed by atoms with van der Waals surface area (Å²) < 4.78 is 5.27. The molecule has 3 amide bonds. The molecule has 1 saturated heterocycles. The van der Waals surface area contributed by atoms with Gasteiger partial charge in [-0.15, -0.1) is 11.3 Å². The van der Waals surface area contributed by atoms with Crippen LogP contribution in [0.1, 0.15) is 47.5 Å². The zero-order valence-corrected chi connectivity index (χ0v) is 18.4. The third-order valence-corrected chi connectivity index (χ3v) is 6.65. The van der Waals surface area contributed by atoms with E-state index in [9.17, 15) is 14.4 Å². The van der Waals surface area contributed by atoms with Gasteiger partial charge in [-0.05, 0) is 37.3 Å². The first-order valence-electron chi connectivity index (χ1n) is 10.4. The summed E-state index contributed by atoms with van der Waals surface area (Å²) >= 11 is 1.64. The van der Waals surface area contributed by atoms with E-state index < -0.39 is 5.91 Å². The number of imide groups is 1. The van der Waals surface area contributed by atoms with Gasteiger partial charge in [0.1, 0.15) is 5.76 Å². The molecule has 4 heterocycles. The molecule has 0 atom stereocenters. The van der Waals surface area contributed by atoms with Gasteiger partial charge in [0.2, 0.25) is 0 Å². The highest BCUT2D eigenvalue weighted by molar-refractivity contribution is 7.09. The number of carbonyl (C=O) groups excluding carboxylic acids is 3. The van der Waals surface area contributed by atoms with Crippen molar-refractivity contribution in [2.75, 3.05) is 26.2 Å². The average molecular weight is 451 g/mol. The highest BCUT2D eigenvalue weighted by atomic mass is 32.1. The zero-order chi connectivity index (χ0) is 22.2. The third-order valence-electron chi connectivity index (χ3n) is 5.82. The van der Waals surface area contributed by atoms with Crippen molar-refractivity contribution >= 4 is 29.1 Å². The summed E-state index contributed by atoms with van der Waals surface area (Å²) in [4.78, 5) is 48.3. The number of carbonyl (C=O) groups is 3. The normalized spacial score (nSPS) is 16.7. The molecule has 32 heavy (non-hydrogen) atoms. The predicted molar refractivity (Wildman–Crippen MR) is 117 cm³/mol.